The number of carbonyl (C=O) groups excluding carboxylic acids is 1. The van der Waals surface area contributed by atoms with E-state index in [-0.39, 0.29) is 0 Å². The van der Waals surface area contributed by atoms with Crippen LogP contribution in [-0.2, 0) is 21.5 Å². The van der Waals surface area contributed by atoms with Gasteiger partial charge in [0.1, 0.15) is 0 Å². The maximum Gasteiger partial charge on any atom is 0.422 e. The van der Waals surface area contributed by atoms with E-state index in [0.29, 0.717) is 12.2 Å². The predicted octanol–water partition coefficient (Wildman–Crippen LogP) is 0.419. The summed E-state index contributed by atoms with van der Waals surface area (Å²) in [4.78, 5) is 10.8. The molecule has 0 spiro atoms. The molecular formula is C10H15N3O4S. The molecule has 0 aliphatic carbocycles. The number of methoxy groups -OCH3 is 1. The second-order valence-corrected chi connectivity index (χ2v) is 4.84. The SMILES string of the molecule is CNCc1ccc(NS(=O)(=O)NC(=O)OC)cc1. The molecule has 0 fully saturated rings. The molecule has 1 aromatic carbocycles. The zero-order chi connectivity index (χ0) is 13.6. The molecule has 7 nitrogen and oxygen atoms in total. The molecule has 3 N–H and O–H groups in total. The molecule has 0 bridgehead atoms. The maximum atomic E-state index is 11.4. The van der Waals surface area contributed by atoms with Crippen LogP contribution in [0.2, 0.25) is 0 Å². The van der Waals surface area contributed by atoms with Gasteiger partial charge in [0.05, 0.1) is 12.8 Å². The molecule has 0 atom stereocenters. The Hall–Kier alpha value is -1.80. The zero-order valence-electron chi connectivity index (χ0n) is 10.1. The number of carbonyl (C=O) groups is 1. The van der Waals surface area contributed by atoms with Crippen molar-refractivity contribution in [1.29, 1.82) is 0 Å². The molecule has 0 saturated heterocycles. The van der Waals surface area contributed by atoms with Gasteiger partial charge in [-0.25, -0.2) is 9.52 Å². The fourth-order valence-corrected chi connectivity index (χ4v) is 2.03. The van der Waals surface area contributed by atoms with Crippen molar-refractivity contribution in [3.63, 3.8) is 0 Å². The molecule has 0 radical (unpaired) electrons. The summed E-state index contributed by atoms with van der Waals surface area (Å²) in [5.74, 6) is 0. The topological polar surface area (TPSA) is 96.5 Å². The summed E-state index contributed by atoms with van der Waals surface area (Å²) in [6, 6.07) is 6.74. The highest BCUT2D eigenvalue weighted by molar-refractivity contribution is 7.91. The second-order valence-electron chi connectivity index (χ2n) is 3.43. The minimum Gasteiger partial charge on any atom is -0.452 e. The first-order valence-corrected chi connectivity index (χ1v) is 6.57. The van der Waals surface area contributed by atoms with E-state index in [1.807, 2.05) is 7.05 Å². The number of hydrogen-bond donors (Lipinski definition) is 3. The minimum atomic E-state index is -3.96. The number of ether oxygens (including phenoxy) is 1. The Labute approximate surface area is 106 Å². The van der Waals surface area contributed by atoms with Gasteiger partial charge in [-0.15, -0.1) is 0 Å². The number of amides is 1. The summed E-state index contributed by atoms with van der Waals surface area (Å²) < 4.78 is 31.0. The average Bonchev–Trinajstić information content (AvgIpc) is 2.31. The van der Waals surface area contributed by atoms with Crippen LogP contribution in [0.3, 0.4) is 0 Å². The van der Waals surface area contributed by atoms with Gasteiger partial charge in [-0.05, 0) is 24.7 Å². The van der Waals surface area contributed by atoms with Gasteiger partial charge < -0.3 is 10.1 Å². The van der Waals surface area contributed by atoms with E-state index in [0.717, 1.165) is 12.7 Å². The molecule has 0 aliphatic heterocycles. The molecule has 1 aromatic rings. The first kappa shape index (κ1) is 14.3. The third-order valence-electron chi connectivity index (χ3n) is 1.99. The van der Waals surface area contributed by atoms with E-state index in [9.17, 15) is 13.2 Å². The van der Waals surface area contributed by atoms with E-state index in [2.05, 4.69) is 14.8 Å². The van der Waals surface area contributed by atoms with Crippen LogP contribution >= 0.6 is 0 Å². The summed E-state index contributed by atoms with van der Waals surface area (Å²) in [6.07, 6.45) is -1.05. The number of hydrogen-bond acceptors (Lipinski definition) is 5. The molecular weight excluding hydrogens is 258 g/mol. The van der Waals surface area contributed by atoms with Gasteiger partial charge in [0.15, 0.2) is 0 Å². The lowest BCUT2D eigenvalue weighted by Crippen LogP contribution is -2.35. The molecule has 18 heavy (non-hydrogen) atoms. The average molecular weight is 273 g/mol. The Morgan fingerprint density at radius 2 is 1.89 bits per heavy atom. The maximum absolute atomic E-state index is 11.4. The molecule has 8 heteroatoms. The Morgan fingerprint density at radius 3 is 2.39 bits per heavy atom. The highest BCUT2D eigenvalue weighted by Crippen LogP contribution is 2.10. The number of nitrogens with one attached hydrogen (secondary N) is 3. The highest BCUT2D eigenvalue weighted by atomic mass is 32.2. The van der Waals surface area contributed by atoms with E-state index in [1.54, 1.807) is 29.0 Å². The molecule has 0 saturated carbocycles. The van der Waals surface area contributed by atoms with Gasteiger partial charge in [-0.1, -0.05) is 12.1 Å². The van der Waals surface area contributed by atoms with Gasteiger partial charge in [-0.3, -0.25) is 4.72 Å². The smallest absolute Gasteiger partial charge is 0.422 e. The standard InChI is InChI=1S/C10H15N3O4S/c1-11-7-8-3-5-9(6-4-8)12-18(15,16)13-10(14)17-2/h3-6,11-12H,7H2,1-2H3,(H,13,14). The number of benzene rings is 1. The van der Waals surface area contributed by atoms with Crippen LogP contribution in [0.1, 0.15) is 5.56 Å². The van der Waals surface area contributed by atoms with Crippen molar-refractivity contribution in [2.45, 2.75) is 6.54 Å². The van der Waals surface area contributed by atoms with Gasteiger partial charge in [0.25, 0.3) is 0 Å². The quantitative estimate of drug-likeness (QED) is 0.722. The van der Waals surface area contributed by atoms with Gasteiger partial charge in [0.2, 0.25) is 0 Å². The van der Waals surface area contributed by atoms with Gasteiger partial charge in [-0.2, -0.15) is 8.42 Å². The Balaban J connectivity index is 2.69. The molecule has 1 rings (SSSR count). The van der Waals surface area contributed by atoms with E-state index in [1.165, 1.54) is 0 Å². The zero-order valence-corrected chi connectivity index (χ0v) is 10.9. The van der Waals surface area contributed by atoms with Crippen molar-refractivity contribution in [3.8, 4) is 0 Å². The summed E-state index contributed by atoms with van der Waals surface area (Å²) in [7, 11) is -1.06. The lowest BCUT2D eigenvalue weighted by molar-refractivity contribution is 0.177. The molecule has 0 aromatic heterocycles. The largest absolute Gasteiger partial charge is 0.452 e. The first-order valence-electron chi connectivity index (χ1n) is 5.09. The monoisotopic (exact) mass is 273 g/mol. The lowest BCUT2D eigenvalue weighted by Gasteiger charge is -2.09. The Bertz CT molecular complexity index is 498. The van der Waals surface area contributed by atoms with Crippen molar-refractivity contribution < 1.29 is 17.9 Å². The molecule has 1 amide bonds. The van der Waals surface area contributed by atoms with E-state index >= 15 is 0 Å². The summed E-state index contributed by atoms with van der Waals surface area (Å²) in [5, 5.41) is 2.97. The molecule has 0 unspecified atom stereocenters. The van der Waals surface area contributed by atoms with E-state index in [4.69, 9.17) is 0 Å². The summed E-state index contributed by atoms with van der Waals surface area (Å²) in [5.41, 5.74) is 1.37. The van der Waals surface area contributed by atoms with Crippen molar-refractivity contribution in [2.24, 2.45) is 0 Å². The second kappa shape index (κ2) is 6.22. The van der Waals surface area contributed by atoms with Gasteiger partial charge in [0, 0.05) is 6.54 Å². The van der Waals surface area contributed by atoms with Crippen LogP contribution in [0, 0.1) is 0 Å². The lowest BCUT2D eigenvalue weighted by atomic mass is 10.2. The fourth-order valence-electron chi connectivity index (χ4n) is 1.23. The predicted molar refractivity (Wildman–Crippen MR) is 67.3 cm³/mol. The van der Waals surface area contributed by atoms with Crippen molar-refractivity contribution in [1.82, 2.24) is 10.0 Å². The summed E-state index contributed by atoms with van der Waals surface area (Å²) in [6.45, 7) is 0.688. The first-order chi connectivity index (χ1) is 8.46. The molecule has 0 heterocycles. The highest BCUT2D eigenvalue weighted by Gasteiger charge is 2.13. The Morgan fingerprint density at radius 1 is 1.28 bits per heavy atom. The van der Waals surface area contributed by atoms with Crippen molar-refractivity contribution in [3.05, 3.63) is 29.8 Å². The third kappa shape index (κ3) is 4.60. The van der Waals surface area contributed by atoms with Crippen LogP contribution in [-0.4, -0.2) is 28.7 Å². The summed E-state index contributed by atoms with van der Waals surface area (Å²) >= 11 is 0. The van der Waals surface area contributed by atoms with Crippen molar-refractivity contribution >= 4 is 22.0 Å². The fraction of sp³-hybridized carbons (Fsp3) is 0.300. The van der Waals surface area contributed by atoms with Crippen LogP contribution in [0.4, 0.5) is 10.5 Å². The number of rotatable bonds is 5. The number of anilines is 1. The van der Waals surface area contributed by atoms with Gasteiger partial charge >= 0.3 is 16.3 Å². The third-order valence-corrected chi connectivity index (χ3v) is 2.93. The molecule has 100 valence electrons. The van der Waals surface area contributed by atoms with E-state index < -0.39 is 16.3 Å². The van der Waals surface area contributed by atoms with Crippen LogP contribution < -0.4 is 14.8 Å². The van der Waals surface area contributed by atoms with Crippen LogP contribution in [0.15, 0.2) is 24.3 Å². The van der Waals surface area contributed by atoms with Crippen molar-refractivity contribution in [2.75, 3.05) is 18.9 Å². The Kier molecular flexibility index (Phi) is 4.93. The molecule has 0 aliphatic rings. The van der Waals surface area contributed by atoms with Crippen LogP contribution in [0.25, 0.3) is 0 Å². The minimum absolute atomic E-state index is 0.353. The van der Waals surface area contributed by atoms with Crippen LogP contribution in [0.5, 0.6) is 0 Å². The normalized spacial score (nSPS) is 10.8.